The largest absolute Gasteiger partial charge is 0.699 e. The third kappa shape index (κ3) is 4.42. The molecule has 0 radical (unpaired) electrons. The van der Waals surface area contributed by atoms with Crippen molar-refractivity contribution in [3.05, 3.63) is 198 Å². The number of hydrogen-bond donors (Lipinski definition) is 0. The van der Waals surface area contributed by atoms with Gasteiger partial charge in [0, 0.05) is 16.7 Å². The van der Waals surface area contributed by atoms with Crippen LogP contribution in [0.5, 0.6) is 0 Å². The second-order valence-corrected chi connectivity index (χ2v) is 12.2. The molecular formula is C44H29N4-. The molecule has 1 atom stereocenters. The molecule has 1 aromatic heterocycles. The van der Waals surface area contributed by atoms with E-state index in [4.69, 9.17) is 20.7 Å². The summed E-state index contributed by atoms with van der Waals surface area (Å²) in [6.45, 7) is 0. The van der Waals surface area contributed by atoms with Crippen LogP contribution in [0.15, 0.2) is 170 Å². The minimum atomic E-state index is -0.554. The first-order valence-electron chi connectivity index (χ1n) is 16.1. The van der Waals surface area contributed by atoms with Crippen molar-refractivity contribution >= 4 is 16.5 Å². The summed E-state index contributed by atoms with van der Waals surface area (Å²) in [5.74, 6) is 1.91. The van der Waals surface area contributed by atoms with Crippen LogP contribution in [0.25, 0.3) is 61.8 Å². The van der Waals surface area contributed by atoms with Gasteiger partial charge in [0.15, 0.2) is 17.5 Å². The molecular weight excluding hydrogens is 585 g/mol. The molecule has 0 spiro atoms. The van der Waals surface area contributed by atoms with Crippen LogP contribution in [0.4, 0.5) is 5.69 Å². The molecule has 0 amide bonds. The van der Waals surface area contributed by atoms with Crippen LogP contribution in [0, 0.1) is 0 Å². The smallest absolute Gasteiger partial charge is 0.164 e. The molecule has 226 valence electrons. The Morgan fingerprint density at radius 2 is 0.896 bits per heavy atom. The summed E-state index contributed by atoms with van der Waals surface area (Å²) in [7, 11) is 0. The Kier molecular flexibility index (Phi) is 6.47. The number of fused-ring (bicyclic) bond motifs is 4. The van der Waals surface area contributed by atoms with Crippen LogP contribution in [0.3, 0.4) is 0 Å². The van der Waals surface area contributed by atoms with Gasteiger partial charge in [-0.3, -0.25) is 0 Å². The normalized spacial score (nSPS) is 14.8. The summed E-state index contributed by atoms with van der Waals surface area (Å²) in [4.78, 5) is 14.8. The summed E-state index contributed by atoms with van der Waals surface area (Å²) >= 11 is 0. The first-order chi connectivity index (χ1) is 23.7. The molecule has 4 nitrogen and oxygen atoms in total. The summed E-state index contributed by atoms with van der Waals surface area (Å²) in [6.07, 6.45) is 0. The van der Waals surface area contributed by atoms with Gasteiger partial charge in [-0.05, 0) is 56.3 Å². The van der Waals surface area contributed by atoms with E-state index in [-0.39, 0.29) is 0 Å². The number of nitrogens with one attached hydrogen (secondary N) is 1. The molecule has 1 aliphatic rings. The molecule has 1 aliphatic carbocycles. The predicted molar refractivity (Wildman–Crippen MR) is 195 cm³/mol. The van der Waals surface area contributed by atoms with Crippen molar-refractivity contribution in [2.45, 2.75) is 5.41 Å². The van der Waals surface area contributed by atoms with Gasteiger partial charge >= 0.3 is 0 Å². The molecule has 0 saturated heterocycles. The van der Waals surface area contributed by atoms with Gasteiger partial charge in [0.25, 0.3) is 0 Å². The van der Waals surface area contributed by atoms with E-state index < -0.39 is 5.41 Å². The van der Waals surface area contributed by atoms with E-state index in [2.05, 4.69) is 97.1 Å². The van der Waals surface area contributed by atoms with Crippen molar-refractivity contribution in [3.63, 3.8) is 0 Å². The fourth-order valence-electron chi connectivity index (χ4n) is 7.30. The molecule has 0 aliphatic heterocycles. The third-order valence-corrected chi connectivity index (χ3v) is 9.48. The zero-order chi connectivity index (χ0) is 32.1. The predicted octanol–water partition coefficient (Wildman–Crippen LogP) is 11.1. The number of rotatable bonds is 5. The van der Waals surface area contributed by atoms with Crippen LogP contribution < -0.4 is 0 Å². The Balaban J connectivity index is 1.26. The van der Waals surface area contributed by atoms with Gasteiger partial charge in [-0.25, -0.2) is 15.0 Å². The monoisotopic (exact) mass is 613 g/mol. The highest BCUT2D eigenvalue weighted by atomic mass is 15.0. The summed E-state index contributed by atoms with van der Waals surface area (Å²) in [5.41, 5.74) is 18.4. The van der Waals surface area contributed by atoms with E-state index in [1.807, 2.05) is 72.8 Å². The topological polar surface area (TPSA) is 62.5 Å². The molecule has 9 rings (SSSR count). The lowest BCUT2D eigenvalue weighted by Gasteiger charge is -2.34. The minimum absolute atomic E-state index is 0.509. The third-order valence-electron chi connectivity index (χ3n) is 9.48. The molecule has 7 aromatic carbocycles. The highest BCUT2D eigenvalue weighted by molar-refractivity contribution is 5.97. The molecule has 4 heteroatoms. The van der Waals surface area contributed by atoms with Gasteiger partial charge in [-0.2, -0.15) is 0 Å². The Labute approximate surface area is 279 Å². The van der Waals surface area contributed by atoms with E-state index in [9.17, 15) is 0 Å². The van der Waals surface area contributed by atoms with Gasteiger partial charge in [0.1, 0.15) is 0 Å². The fourth-order valence-corrected chi connectivity index (χ4v) is 7.30. The molecule has 8 aromatic rings. The van der Waals surface area contributed by atoms with Crippen molar-refractivity contribution in [1.29, 1.82) is 0 Å². The molecule has 1 unspecified atom stereocenters. The Bertz CT molecular complexity index is 2380. The molecule has 0 fully saturated rings. The van der Waals surface area contributed by atoms with Crippen molar-refractivity contribution < 1.29 is 0 Å². The second kappa shape index (κ2) is 11.1. The average Bonchev–Trinajstić information content (AvgIpc) is 3.44. The lowest BCUT2D eigenvalue weighted by atomic mass is 9.67. The summed E-state index contributed by atoms with van der Waals surface area (Å²) < 4.78 is 0. The van der Waals surface area contributed by atoms with Crippen LogP contribution in [-0.4, -0.2) is 15.0 Å². The van der Waals surface area contributed by atoms with E-state index in [0.29, 0.717) is 23.2 Å². The van der Waals surface area contributed by atoms with Crippen molar-refractivity contribution in [2.75, 3.05) is 0 Å². The zero-order valence-electron chi connectivity index (χ0n) is 26.0. The quantitative estimate of drug-likeness (QED) is 0.194. The van der Waals surface area contributed by atoms with Gasteiger partial charge in [-0.1, -0.05) is 158 Å². The Morgan fingerprint density at radius 3 is 1.52 bits per heavy atom. The number of nitrogens with zero attached hydrogens (tertiary/aromatic N) is 3. The van der Waals surface area contributed by atoms with E-state index >= 15 is 0 Å². The van der Waals surface area contributed by atoms with E-state index in [1.54, 1.807) is 0 Å². The van der Waals surface area contributed by atoms with Crippen molar-refractivity contribution in [2.24, 2.45) is 0 Å². The van der Waals surface area contributed by atoms with Crippen molar-refractivity contribution in [3.8, 4) is 45.3 Å². The second-order valence-electron chi connectivity index (χ2n) is 12.2. The average molecular weight is 614 g/mol. The first-order valence-corrected chi connectivity index (χ1v) is 16.1. The van der Waals surface area contributed by atoms with Crippen LogP contribution in [-0.2, 0) is 5.41 Å². The van der Waals surface area contributed by atoms with Gasteiger partial charge < -0.3 is 5.73 Å². The van der Waals surface area contributed by atoms with Crippen LogP contribution >= 0.6 is 0 Å². The molecule has 48 heavy (non-hydrogen) atoms. The highest BCUT2D eigenvalue weighted by Gasteiger charge is 2.46. The standard InChI is InChI=1S/C44H29N4/c45-36-25-22-32-27-38-37-18-10-11-19-39(37)44(34-16-8-3-9-17-34,40(38)28-33(32)26-36)35-23-20-31(21-24-35)43-47-41(29-12-4-1-5-13-29)46-42(48-43)30-14-6-2-7-15-30/h1-28,45H/q-1. The first kappa shape index (κ1) is 27.9. The van der Waals surface area contributed by atoms with Crippen LogP contribution in [0.2, 0.25) is 0 Å². The van der Waals surface area contributed by atoms with Gasteiger partial charge in [-0.15, -0.1) is 5.69 Å². The van der Waals surface area contributed by atoms with Gasteiger partial charge in [0.05, 0.1) is 5.41 Å². The number of aromatic nitrogens is 3. The maximum Gasteiger partial charge on any atom is 0.164 e. The Morgan fingerprint density at radius 1 is 0.375 bits per heavy atom. The highest BCUT2D eigenvalue weighted by Crippen LogP contribution is 2.57. The summed E-state index contributed by atoms with van der Waals surface area (Å²) in [6, 6.07) is 58.9. The number of benzene rings is 7. The molecule has 0 bridgehead atoms. The summed E-state index contributed by atoms with van der Waals surface area (Å²) in [5, 5.41) is 2.20. The lowest BCUT2D eigenvalue weighted by molar-refractivity contribution is 0.769. The molecule has 0 saturated carbocycles. The van der Waals surface area contributed by atoms with Crippen LogP contribution in [0.1, 0.15) is 22.3 Å². The minimum Gasteiger partial charge on any atom is -0.699 e. The number of hydrogen-bond acceptors (Lipinski definition) is 3. The molecule has 1 heterocycles. The maximum absolute atomic E-state index is 8.36. The fraction of sp³-hybridized carbons (Fsp3) is 0.0227. The van der Waals surface area contributed by atoms with E-state index in [0.717, 1.165) is 33.0 Å². The Hall–Kier alpha value is -6.39. The van der Waals surface area contributed by atoms with E-state index in [1.165, 1.54) is 27.8 Å². The molecule has 1 N–H and O–H groups in total. The maximum atomic E-state index is 8.36. The lowest BCUT2D eigenvalue weighted by Crippen LogP contribution is -2.28. The van der Waals surface area contributed by atoms with Gasteiger partial charge in [0.2, 0.25) is 0 Å². The zero-order valence-corrected chi connectivity index (χ0v) is 26.0. The van der Waals surface area contributed by atoms with Crippen molar-refractivity contribution in [1.82, 2.24) is 15.0 Å². The SMILES string of the molecule is [NH-]c1ccc2cc3c(cc2c1)C(c1ccccc1)(c1ccc(-c2nc(-c4ccccc4)nc(-c4ccccc4)n2)cc1)c1ccccc1-3.